The molecule has 1 N–H and O–H groups in total. The normalized spacial score (nSPS) is 19.0. The number of nitrogens with one attached hydrogen (secondary N) is 1. The van der Waals surface area contributed by atoms with Crippen molar-refractivity contribution in [1.29, 1.82) is 0 Å². The Balaban J connectivity index is 0.00000176. The van der Waals surface area contributed by atoms with E-state index in [-0.39, 0.29) is 12.4 Å². The van der Waals surface area contributed by atoms with E-state index in [1.807, 2.05) is 12.4 Å². The molecule has 0 amide bonds. The molecule has 0 aliphatic carbocycles. The first-order valence-electron chi connectivity index (χ1n) is 7.63. The van der Waals surface area contributed by atoms with Crippen LogP contribution in [0.3, 0.4) is 0 Å². The van der Waals surface area contributed by atoms with Gasteiger partial charge in [-0.15, -0.1) is 12.4 Å². The highest BCUT2D eigenvalue weighted by atomic mass is 35.5. The summed E-state index contributed by atoms with van der Waals surface area (Å²) in [6.07, 6.45) is 3.92. The van der Waals surface area contributed by atoms with Gasteiger partial charge in [-0.05, 0) is 25.0 Å². The summed E-state index contributed by atoms with van der Waals surface area (Å²) in [7, 11) is 2.08. The Kier molecular flexibility index (Phi) is 5.62. The van der Waals surface area contributed by atoms with E-state index in [2.05, 4.69) is 58.9 Å². The van der Waals surface area contributed by atoms with E-state index in [0.717, 1.165) is 32.0 Å². The Hall–Kier alpha value is -1.36. The first-order valence-corrected chi connectivity index (χ1v) is 7.63. The summed E-state index contributed by atoms with van der Waals surface area (Å²) >= 11 is 0. The second-order valence-electron chi connectivity index (χ2n) is 6.02. The van der Waals surface area contributed by atoms with Crippen LogP contribution in [0, 0.1) is 13.8 Å². The molecule has 120 valence electrons. The van der Waals surface area contributed by atoms with Crippen LogP contribution in [-0.4, -0.2) is 34.1 Å². The van der Waals surface area contributed by atoms with E-state index in [9.17, 15) is 0 Å². The van der Waals surface area contributed by atoms with Gasteiger partial charge in [0.25, 0.3) is 0 Å². The highest BCUT2D eigenvalue weighted by Crippen LogP contribution is 2.24. The number of piperazine rings is 1. The highest BCUT2D eigenvalue weighted by molar-refractivity contribution is 5.85. The average molecular weight is 321 g/mol. The molecule has 2 heterocycles. The minimum atomic E-state index is 0. The first kappa shape index (κ1) is 17.0. The number of benzene rings is 1. The lowest BCUT2D eigenvalue weighted by Gasteiger charge is -2.36. The first-order chi connectivity index (χ1) is 10.1. The molecule has 0 spiro atoms. The van der Waals surface area contributed by atoms with Gasteiger partial charge in [0.1, 0.15) is 5.82 Å². The van der Waals surface area contributed by atoms with Gasteiger partial charge < -0.3 is 9.88 Å². The summed E-state index contributed by atoms with van der Waals surface area (Å²) in [4.78, 5) is 7.09. The van der Waals surface area contributed by atoms with E-state index in [1.165, 1.54) is 16.7 Å². The highest BCUT2D eigenvalue weighted by Gasteiger charge is 2.26. The molecule has 1 aromatic heterocycles. The molecule has 22 heavy (non-hydrogen) atoms. The third kappa shape index (κ3) is 3.51. The van der Waals surface area contributed by atoms with Crippen molar-refractivity contribution in [3.63, 3.8) is 0 Å². The maximum atomic E-state index is 4.55. The topological polar surface area (TPSA) is 33.1 Å². The molecular weight excluding hydrogens is 296 g/mol. The smallest absolute Gasteiger partial charge is 0.127 e. The Bertz CT molecular complexity index is 623. The summed E-state index contributed by atoms with van der Waals surface area (Å²) < 4.78 is 2.13. The van der Waals surface area contributed by atoms with Gasteiger partial charge in [-0.25, -0.2) is 4.98 Å². The molecule has 4 nitrogen and oxygen atoms in total. The number of halogens is 1. The van der Waals surface area contributed by atoms with Gasteiger partial charge in [-0.2, -0.15) is 0 Å². The number of aromatic nitrogens is 2. The van der Waals surface area contributed by atoms with Crippen LogP contribution >= 0.6 is 12.4 Å². The Morgan fingerprint density at radius 3 is 2.86 bits per heavy atom. The molecule has 5 heteroatoms. The van der Waals surface area contributed by atoms with Gasteiger partial charge in [-0.1, -0.05) is 23.8 Å². The second kappa shape index (κ2) is 7.27. The minimum Gasteiger partial charge on any atom is -0.337 e. The number of hydrogen-bond donors (Lipinski definition) is 1. The zero-order valence-electron chi connectivity index (χ0n) is 13.5. The summed E-state index contributed by atoms with van der Waals surface area (Å²) in [6.45, 7) is 8.43. The van der Waals surface area contributed by atoms with Crippen molar-refractivity contribution in [2.45, 2.75) is 26.4 Å². The molecule has 1 aliphatic rings. The summed E-state index contributed by atoms with van der Waals surface area (Å²) in [5.74, 6) is 1.15. The van der Waals surface area contributed by atoms with E-state index in [4.69, 9.17) is 0 Å². The predicted octanol–water partition coefficient (Wildman–Crippen LogP) is 2.61. The van der Waals surface area contributed by atoms with Crippen LogP contribution in [0.2, 0.25) is 0 Å². The lowest BCUT2D eigenvalue weighted by atomic mass is 10.0. The SMILES string of the molecule is Cc1ccc(C)c(CN2CCNCC2c2nccn2C)c1.Cl. The Morgan fingerprint density at radius 2 is 2.14 bits per heavy atom. The van der Waals surface area contributed by atoms with Crippen molar-refractivity contribution in [1.82, 2.24) is 19.8 Å². The largest absolute Gasteiger partial charge is 0.337 e. The molecule has 1 fully saturated rings. The monoisotopic (exact) mass is 320 g/mol. The van der Waals surface area contributed by atoms with Crippen molar-refractivity contribution >= 4 is 12.4 Å². The number of rotatable bonds is 3. The lowest BCUT2D eigenvalue weighted by Crippen LogP contribution is -2.46. The number of hydrogen-bond acceptors (Lipinski definition) is 3. The molecular formula is C17H25ClN4. The molecule has 1 unspecified atom stereocenters. The molecule has 0 radical (unpaired) electrons. The molecule has 1 aliphatic heterocycles. The summed E-state index contributed by atoms with van der Waals surface area (Å²) in [5.41, 5.74) is 4.13. The molecule has 2 aromatic rings. The molecule has 0 bridgehead atoms. The van der Waals surface area contributed by atoms with Gasteiger partial charge in [0, 0.05) is 45.6 Å². The van der Waals surface area contributed by atoms with Crippen LogP contribution in [0.4, 0.5) is 0 Å². The quantitative estimate of drug-likeness (QED) is 0.943. The van der Waals surface area contributed by atoms with Gasteiger partial charge >= 0.3 is 0 Å². The van der Waals surface area contributed by atoms with Crippen LogP contribution < -0.4 is 5.32 Å². The number of nitrogens with zero attached hydrogens (tertiary/aromatic N) is 3. The summed E-state index contributed by atoms with van der Waals surface area (Å²) in [6, 6.07) is 7.07. The van der Waals surface area contributed by atoms with Crippen molar-refractivity contribution in [3.05, 3.63) is 53.1 Å². The second-order valence-corrected chi connectivity index (χ2v) is 6.02. The third-order valence-electron chi connectivity index (χ3n) is 4.39. The van der Waals surface area contributed by atoms with Gasteiger partial charge in [0.15, 0.2) is 0 Å². The maximum Gasteiger partial charge on any atom is 0.127 e. The molecule has 1 aromatic carbocycles. The third-order valence-corrected chi connectivity index (χ3v) is 4.39. The molecule has 0 saturated carbocycles. The van der Waals surface area contributed by atoms with Crippen molar-refractivity contribution in [3.8, 4) is 0 Å². The van der Waals surface area contributed by atoms with E-state index in [0.29, 0.717) is 6.04 Å². The fourth-order valence-electron chi connectivity index (χ4n) is 3.08. The molecule has 1 saturated heterocycles. The standard InChI is InChI=1S/C17H24N4.ClH/c1-13-4-5-14(2)15(10-13)12-21-9-6-18-11-16(21)17-19-7-8-20(17)3;/h4-5,7-8,10,16,18H,6,9,11-12H2,1-3H3;1H. The Morgan fingerprint density at radius 1 is 1.32 bits per heavy atom. The average Bonchev–Trinajstić information content (AvgIpc) is 2.90. The van der Waals surface area contributed by atoms with Gasteiger partial charge in [0.2, 0.25) is 0 Å². The van der Waals surface area contributed by atoms with Crippen LogP contribution in [0.25, 0.3) is 0 Å². The zero-order valence-corrected chi connectivity index (χ0v) is 14.4. The number of imidazole rings is 1. The Labute approximate surface area is 139 Å². The van der Waals surface area contributed by atoms with E-state index < -0.39 is 0 Å². The maximum absolute atomic E-state index is 4.55. The summed E-state index contributed by atoms with van der Waals surface area (Å²) in [5, 5.41) is 3.50. The van der Waals surface area contributed by atoms with Gasteiger partial charge in [-0.3, -0.25) is 4.90 Å². The number of aryl methyl sites for hydroxylation is 3. The van der Waals surface area contributed by atoms with Crippen LogP contribution in [0.5, 0.6) is 0 Å². The van der Waals surface area contributed by atoms with Crippen LogP contribution in [0.15, 0.2) is 30.6 Å². The fraction of sp³-hybridized carbons (Fsp3) is 0.471. The van der Waals surface area contributed by atoms with Crippen LogP contribution in [-0.2, 0) is 13.6 Å². The lowest BCUT2D eigenvalue weighted by molar-refractivity contribution is 0.144. The van der Waals surface area contributed by atoms with E-state index in [1.54, 1.807) is 0 Å². The predicted molar refractivity (Wildman–Crippen MR) is 92.4 cm³/mol. The van der Waals surface area contributed by atoms with E-state index >= 15 is 0 Å². The van der Waals surface area contributed by atoms with Crippen molar-refractivity contribution < 1.29 is 0 Å². The fourth-order valence-corrected chi connectivity index (χ4v) is 3.08. The molecule has 3 rings (SSSR count). The zero-order chi connectivity index (χ0) is 14.8. The minimum absolute atomic E-state index is 0. The van der Waals surface area contributed by atoms with Crippen molar-refractivity contribution in [2.75, 3.05) is 19.6 Å². The van der Waals surface area contributed by atoms with Crippen LogP contribution in [0.1, 0.15) is 28.6 Å². The molecule has 1 atom stereocenters. The van der Waals surface area contributed by atoms with Crippen molar-refractivity contribution in [2.24, 2.45) is 7.05 Å². The van der Waals surface area contributed by atoms with Gasteiger partial charge in [0.05, 0.1) is 6.04 Å².